The molecule has 2 heterocycles. The molecule has 0 radical (unpaired) electrons. The van der Waals surface area contributed by atoms with Gasteiger partial charge in [0.2, 0.25) is 0 Å². The van der Waals surface area contributed by atoms with Gasteiger partial charge in [0.25, 0.3) is 11.8 Å². The van der Waals surface area contributed by atoms with Crippen molar-refractivity contribution >= 4 is 104 Å². The number of aliphatic hydroxyl groups is 3. The summed E-state index contributed by atoms with van der Waals surface area (Å²) >= 11 is 0. The van der Waals surface area contributed by atoms with Crippen molar-refractivity contribution in [2.75, 3.05) is 13.2 Å². The predicted octanol–water partition coefficient (Wildman–Crippen LogP) is 12.3. The molecule has 145 heavy (non-hydrogen) atoms. The molecule has 35 heteroatoms. The lowest BCUT2D eigenvalue weighted by Crippen LogP contribution is -2.82. The summed E-state index contributed by atoms with van der Waals surface area (Å²) in [6.07, 6.45) is -19.8. The van der Waals surface area contributed by atoms with Crippen molar-refractivity contribution in [1.82, 2.24) is 10.6 Å². The van der Waals surface area contributed by atoms with Gasteiger partial charge in [-0.2, -0.15) is 0 Å². The zero-order valence-electron chi connectivity index (χ0n) is 84.4. The number of carbonyl (C=O) groups is 16. The number of benzene rings is 6. The fourth-order valence-electron chi connectivity index (χ4n) is 22.4. The molecule has 6 aromatic carbocycles. The summed E-state index contributed by atoms with van der Waals surface area (Å²) < 4.78 is 82.0. The molecule has 6 fully saturated rings. The van der Waals surface area contributed by atoms with Gasteiger partial charge in [0, 0.05) is 101 Å². The number of ether oxygens (including phenoxy) is 12. The first-order valence-electron chi connectivity index (χ1n) is 48.6. The minimum Gasteiger partial charge on any atom is -0.461 e. The van der Waals surface area contributed by atoms with Crippen molar-refractivity contribution < 1.29 is 153 Å². The number of ketones is 2. The molecule has 5 N–H and O–H groups in total. The third kappa shape index (κ3) is 21.2. The summed E-state index contributed by atoms with van der Waals surface area (Å²) in [4.78, 5) is 223. The van der Waals surface area contributed by atoms with E-state index >= 15 is 14.4 Å². The minimum absolute atomic E-state index is 0.00289. The van der Waals surface area contributed by atoms with Gasteiger partial charge in [0.05, 0.1) is 59.1 Å². The summed E-state index contributed by atoms with van der Waals surface area (Å²) in [5, 5.41) is 45.4. The summed E-state index contributed by atoms with van der Waals surface area (Å²) in [5.74, 6) is -15.4. The second-order valence-electron chi connectivity index (χ2n) is 41.6. The third-order valence-electron chi connectivity index (χ3n) is 31.1. The average Bonchev–Trinajstić information content (AvgIpc) is 0.668. The first-order valence-corrected chi connectivity index (χ1v) is 51.6. The Balaban J connectivity index is 0.000000244. The second-order valence-corrected chi connectivity index (χ2v) is 46.4. The van der Waals surface area contributed by atoms with E-state index in [4.69, 9.17) is 61.3 Å². The largest absolute Gasteiger partial charge is 0.461 e. The fraction of sp³-hybridized carbons (Fsp3) is 0.491. The van der Waals surface area contributed by atoms with E-state index in [-0.39, 0.29) is 104 Å². The molecule has 22 atom stereocenters. The fourth-order valence-corrected chi connectivity index (χ4v) is 23.6. The molecule has 0 unspecified atom stereocenters. The van der Waals surface area contributed by atoms with Gasteiger partial charge in [0.1, 0.15) is 72.6 Å². The summed E-state index contributed by atoms with van der Waals surface area (Å²) in [5.41, 5.74) is -14.6. The molecule has 0 spiro atoms. The molecule has 6 aliphatic carbocycles. The highest BCUT2D eigenvalue weighted by Gasteiger charge is 2.82. The van der Waals surface area contributed by atoms with Crippen molar-refractivity contribution in [3.63, 3.8) is 0 Å². The first kappa shape index (κ1) is 109. The lowest BCUT2D eigenvalue weighted by atomic mass is 9.44. The van der Waals surface area contributed by atoms with Crippen molar-refractivity contribution in [3.8, 4) is 0 Å². The van der Waals surface area contributed by atoms with Gasteiger partial charge in [0.15, 0.2) is 55.5 Å². The molecule has 8 aliphatic rings. The van der Waals surface area contributed by atoms with E-state index in [1.807, 2.05) is 33.9 Å². The molecular weight excluding hydrogens is 1890 g/mol. The van der Waals surface area contributed by atoms with Crippen molar-refractivity contribution in [3.05, 3.63) is 238 Å². The van der Waals surface area contributed by atoms with Crippen LogP contribution in [0.1, 0.15) is 233 Å². The van der Waals surface area contributed by atoms with E-state index in [1.165, 1.54) is 45.0 Å². The molecule has 0 aromatic heterocycles. The zero-order valence-corrected chi connectivity index (χ0v) is 85.4. The Morgan fingerprint density at radius 3 is 1.11 bits per heavy atom. The van der Waals surface area contributed by atoms with Gasteiger partial charge < -0.3 is 96.8 Å². The van der Waals surface area contributed by atoms with Crippen molar-refractivity contribution in [2.24, 2.45) is 33.5 Å². The topological polar surface area (TPSA) is 478 Å². The van der Waals surface area contributed by atoms with Crippen LogP contribution in [0, 0.1) is 33.5 Å². The van der Waals surface area contributed by atoms with E-state index in [9.17, 15) is 77.6 Å². The van der Waals surface area contributed by atoms with Gasteiger partial charge in [-0.05, 0) is 141 Å². The smallest absolute Gasteiger partial charge is 0.338 e. The van der Waals surface area contributed by atoms with E-state index in [2.05, 4.69) is 10.6 Å². The predicted molar refractivity (Wildman–Crippen MR) is 519 cm³/mol. The third-order valence-corrected chi connectivity index (χ3v) is 35.5. The molecule has 14 rings (SSSR count). The van der Waals surface area contributed by atoms with Crippen LogP contribution in [0.4, 0.5) is 0 Å². The van der Waals surface area contributed by atoms with Crippen LogP contribution in [-0.4, -0.2) is 228 Å². The number of nitrogens with one attached hydrogen (secondary N) is 2. The molecule has 4 saturated carbocycles. The van der Waals surface area contributed by atoms with Gasteiger partial charge >= 0.3 is 59.7 Å². The Morgan fingerprint density at radius 1 is 0.455 bits per heavy atom. The van der Waals surface area contributed by atoms with Crippen LogP contribution in [0.5, 0.6) is 0 Å². The van der Waals surface area contributed by atoms with Crippen LogP contribution >= 0.6 is 0 Å². The van der Waals surface area contributed by atoms with Crippen LogP contribution in [0.25, 0.3) is 0 Å². The second kappa shape index (κ2) is 43.4. The number of aliphatic hydroxyl groups excluding tert-OH is 1. The molecule has 34 nitrogen and oxygen atoms in total. The monoisotopic (exact) mass is 2020 g/mol. The normalized spacial score (nSPS) is 29.0. The van der Waals surface area contributed by atoms with E-state index in [0.29, 0.717) is 29.3 Å². The molecule has 2 aliphatic heterocycles. The van der Waals surface area contributed by atoms with E-state index < -0.39 is 251 Å². The Kier molecular flexibility index (Phi) is 32.7. The van der Waals surface area contributed by atoms with Crippen molar-refractivity contribution in [1.29, 1.82) is 0 Å². The maximum atomic E-state index is 16.3. The summed E-state index contributed by atoms with van der Waals surface area (Å²) in [6, 6.07) is 46.7. The Hall–Kier alpha value is -12.9. The molecule has 6 aromatic rings. The number of Topliss-reactive ketones (excluding diaryl/α,β-unsaturated/α-hetero) is 2. The Labute approximate surface area is 841 Å². The number of amides is 2. The van der Waals surface area contributed by atoms with Crippen molar-refractivity contribution in [2.45, 2.75) is 294 Å². The number of aldehydes is 2. The SMILES string of the molecule is CC(=O)O[C@H]1C(=O)[C@]2(C)[C@@H](OC(=O)CCCC=O)C[C@H]3OC[C@@]3(OC(C)=O)[C@H]2[C@H](OC(=O)c2ccccc2)[C@]2(O)C[C@H](OC(=O)[C@H](O)[C@H](NC(=O)c3ccccc3)c3ccccc3)C(C)=C1C2(C)C.CC(=O)O[C@H]1C(=O)[C@]2(C)[C@@H](OC(=O)CCCC=O)C[C@H]3OC[C@@]3(OC(C)=O)[C@H]2[C@H](OC(=O)c2ccccc2)[C@]2(O)C[C@H](OC(=O)[C@H](O[Si](C)(C)C(C)(C)C)[C@H](NC(=O)c3ccccc3)c3ccccc3)C(C)=C1C2(C)C. The lowest BCUT2D eigenvalue weighted by Gasteiger charge is -2.67. The maximum Gasteiger partial charge on any atom is 0.338 e. The molecular formula is C110H128N2O32Si. The van der Waals surface area contributed by atoms with Crippen LogP contribution in [0.3, 0.4) is 0 Å². The van der Waals surface area contributed by atoms with E-state index in [1.54, 1.807) is 192 Å². The Bertz CT molecular complexity index is 5970. The lowest BCUT2D eigenvalue weighted by molar-refractivity contribution is -0.346. The number of rotatable bonds is 32. The van der Waals surface area contributed by atoms with Gasteiger partial charge in [-0.15, -0.1) is 0 Å². The maximum absolute atomic E-state index is 16.3. The minimum atomic E-state index is -2.98. The highest BCUT2D eigenvalue weighted by Crippen LogP contribution is 2.68. The summed E-state index contributed by atoms with van der Waals surface area (Å²) in [6.45, 7) is 25.8. The van der Waals surface area contributed by atoms with E-state index in [0.717, 1.165) is 27.7 Å². The van der Waals surface area contributed by atoms with Crippen LogP contribution < -0.4 is 10.6 Å². The van der Waals surface area contributed by atoms with Gasteiger partial charge in [-0.3, -0.25) is 47.9 Å². The molecule has 2 amide bonds. The highest BCUT2D eigenvalue weighted by atomic mass is 28.4. The number of hydrogen-bond donors (Lipinski definition) is 5. The van der Waals surface area contributed by atoms with Crippen LogP contribution in [0.15, 0.2) is 204 Å². The zero-order chi connectivity index (χ0) is 106. The number of hydrogen-bond acceptors (Lipinski definition) is 32. The molecule has 774 valence electrons. The molecule has 4 bridgehead atoms. The average molecular weight is 2020 g/mol. The number of esters is 10. The quantitative estimate of drug-likeness (QED) is 0.00654. The molecule has 2 saturated heterocycles. The summed E-state index contributed by atoms with van der Waals surface area (Å²) in [7, 11) is -2.98. The standard InChI is InChI=1S/C58H71NO16Si.C52H57NO16/c1-34-40(71-53(67)47(75-76(10,11)54(4,5)6)45(37-23-15-12-16-24-37)59-51(65)38-25-17-13-18-26-38)32-58(68)50(73-52(66)39-27-19-14-20-28-39)48-56(9,49(64)46(70-35(2)61)44(34)55(58,7)8)41(72-43(63)29-21-22-30-60)31-42-57(48,33-69-42)74-36(3)62;1-29-35(66-48(62)41(58)40(32-18-10-7-11-19-32)53-46(60)33-20-12-8-13-21-33)27-52(63)45(68-47(61)34-22-14-9-15-23-34)43-50(6,44(59)42(65-30(2)55)39(29)49(52,4)5)36(67-38(57)24-16-17-25-54)26-37-51(43,28-64-37)69-31(3)56/h12-20,23-28,30,40-42,45-48,50,68H,21-22,29,31-33H2,1-11H3,(H,59,65);7-15,18-23,25,35-37,40-43,45,58,63H,16-17,24,26-28H2,1-6H3,(H,53,60)/t40-,41-,42+,45+,46+,47+,48-,50-,56+,57-,58+;35-,36-,37+,40+,41+,42+,43-,45-,50+,51-,52+/m00/s1. The van der Waals surface area contributed by atoms with Gasteiger partial charge in [-0.1, -0.05) is 182 Å². The highest BCUT2D eigenvalue weighted by molar-refractivity contribution is 6.74. The number of unbranched alkanes of at least 4 members (excludes halogenated alkanes) is 2. The number of fused-ring (bicyclic) bond motifs is 10. The Morgan fingerprint density at radius 2 is 0.786 bits per heavy atom. The number of carbonyl (C=O) groups excluding carboxylic acids is 16. The first-order chi connectivity index (χ1) is 68.3. The van der Waals surface area contributed by atoms with Gasteiger partial charge in [-0.25, -0.2) is 19.2 Å². The van der Waals surface area contributed by atoms with Crippen LogP contribution in [0.2, 0.25) is 18.1 Å². The van der Waals surface area contributed by atoms with Crippen LogP contribution in [-0.2, 0) is 119 Å².